The highest BCUT2D eigenvalue weighted by atomic mass is 14.3. The van der Waals surface area contributed by atoms with Gasteiger partial charge in [-0.2, -0.15) is 0 Å². The highest BCUT2D eigenvalue weighted by molar-refractivity contribution is 4.75. The van der Waals surface area contributed by atoms with E-state index >= 15 is 0 Å². The van der Waals surface area contributed by atoms with E-state index in [2.05, 4.69) is 20.8 Å². The van der Waals surface area contributed by atoms with Gasteiger partial charge in [0.25, 0.3) is 0 Å². The van der Waals surface area contributed by atoms with Gasteiger partial charge >= 0.3 is 0 Å². The van der Waals surface area contributed by atoms with Crippen molar-refractivity contribution in [3.63, 3.8) is 0 Å². The molecule has 0 aromatic rings. The van der Waals surface area contributed by atoms with Gasteiger partial charge in [-0.1, -0.05) is 80.6 Å². The van der Waals surface area contributed by atoms with Gasteiger partial charge in [0.15, 0.2) is 0 Å². The van der Waals surface area contributed by atoms with E-state index in [9.17, 15) is 0 Å². The molecule has 0 nitrogen and oxygen atoms in total. The van der Waals surface area contributed by atoms with Crippen LogP contribution in [0.3, 0.4) is 0 Å². The minimum Gasteiger partial charge on any atom is -0.0683 e. The molecule has 2 aliphatic rings. The standard InChI is InChI=1S/C7H14.C6H12.2C2H6/c1-7-5-3-2-4-6-7;1-5(2)6-3-4-6;2*1-2/h7H,2-6H2,1H3;5-6H,3-4H2,1-2H3;2*1-2H3. The molecule has 0 heteroatoms. The summed E-state index contributed by atoms with van der Waals surface area (Å²) in [6.45, 7) is 15.0. The SMILES string of the molecule is CC.CC.CC(C)C1CC1.CC1CCCCC1. The zero-order chi connectivity index (χ0) is 13.7. The maximum absolute atomic E-state index is 2.36. The molecule has 106 valence electrons. The molecule has 2 aliphatic carbocycles. The third kappa shape index (κ3) is 13.9. The van der Waals surface area contributed by atoms with E-state index in [0.717, 1.165) is 17.8 Å². The van der Waals surface area contributed by atoms with Crippen LogP contribution >= 0.6 is 0 Å². The smallest absolute Gasteiger partial charge is 0.0391 e. The first-order chi connectivity index (χ1) is 8.20. The molecular weight excluding hydrogens is 204 g/mol. The topological polar surface area (TPSA) is 0 Å². The highest BCUT2D eigenvalue weighted by Crippen LogP contribution is 2.35. The molecule has 0 amide bonds. The molecule has 2 saturated carbocycles. The average molecular weight is 242 g/mol. The van der Waals surface area contributed by atoms with Crippen LogP contribution in [-0.4, -0.2) is 0 Å². The van der Waals surface area contributed by atoms with Crippen LogP contribution in [0.2, 0.25) is 0 Å². The van der Waals surface area contributed by atoms with Crippen LogP contribution in [-0.2, 0) is 0 Å². The van der Waals surface area contributed by atoms with Crippen molar-refractivity contribution in [1.82, 2.24) is 0 Å². The molecule has 0 heterocycles. The van der Waals surface area contributed by atoms with Crippen molar-refractivity contribution in [2.75, 3.05) is 0 Å². The Labute approximate surface area is 112 Å². The molecule has 0 radical (unpaired) electrons. The van der Waals surface area contributed by atoms with Crippen molar-refractivity contribution in [3.8, 4) is 0 Å². The monoisotopic (exact) mass is 242 g/mol. The number of hydrogen-bond acceptors (Lipinski definition) is 0. The molecule has 0 aromatic heterocycles. The van der Waals surface area contributed by atoms with Gasteiger partial charge < -0.3 is 0 Å². The lowest BCUT2D eigenvalue weighted by atomic mass is 9.91. The Hall–Kier alpha value is 0. The summed E-state index contributed by atoms with van der Waals surface area (Å²) >= 11 is 0. The third-order valence-corrected chi connectivity index (χ3v) is 3.46. The predicted molar refractivity (Wildman–Crippen MR) is 82.5 cm³/mol. The fraction of sp³-hybridized carbons (Fsp3) is 1.00. The van der Waals surface area contributed by atoms with Crippen LogP contribution in [0.5, 0.6) is 0 Å². The van der Waals surface area contributed by atoms with Gasteiger partial charge in [0.1, 0.15) is 0 Å². The van der Waals surface area contributed by atoms with E-state index in [1.165, 1.54) is 44.9 Å². The summed E-state index contributed by atoms with van der Waals surface area (Å²) in [7, 11) is 0. The van der Waals surface area contributed by atoms with Crippen molar-refractivity contribution in [3.05, 3.63) is 0 Å². The first-order valence-electron chi connectivity index (χ1n) is 8.20. The van der Waals surface area contributed by atoms with E-state index in [4.69, 9.17) is 0 Å². The molecule has 0 unspecified atom stereocenters. The van der Waals surface area contributed by atoms with E-state index in [-0.39, 0.29) is 0 Å². The molecule has 2 rings (SSSR count). The van der Waals surface area contributed by atoms with E-state index < -0.39 is 0 Å². The van der Waals surface area contributed by atoms with Crippen molar-refractivity contribution in [2.24, 2.45) is 17.8 Å². The van der Waals surface area contributed by atoms with Crippen molar-refractivity contribution < 1.29 is 0 Å². The highest BCUT2D eigenvalue weighted by Gasteiger charge is 2.23. The lowest BCUT2D eigenvalue weighted by Gasteiger charge is -2.15. The summed E-state index contributed by atoms with van der Waals surface area (Å²) in [6, 6.07) is 0. The van der Waals surface area contributed by atoms with Crippen LogP contribution in [0.25, 0.3) is 0 Å². The third-order valence-electron chi connectivity index (χ3n) is 3.46. The Morgan fingerprint density at radius 2 is 1.12 bits per heavy atom. The second kappa shape index (κ2) is 14.1. The summed E-state index contributed by atoms with van der Waals surface area (Å²) in [5.41, 5.74) is 0. The summed E-state index contributed by atoms with van der Waals surface area (Å²) in [5.74, 6) is 3.10. The second-order valence-electron chi connectivity index (χ2n) is 5.32. The van der Waals surface area contributed by atoms with Crippen molar-refractivity contribution in [1.29, 1.82) is 0 Å². The van der Waals surface area contributed by atoms with Crippen LogP contribution < -0.4 is 0 Å². The van der Waals surface area contributed by atoms with Gasteiger partial charge in [0.2, 0.25) is 0 Å². The fourth-order valence-corrected chi connectivity index (χ4v) is 2.07. The molecule has 0 atom stereocenters. The lowest BCUT2D eigenvalue weighted by Crippen LogP contribution is -1.99. The molecule has 2 fully saturated rings. The zero-order valence-corrected chi connectivity index (χ0v) is 13.7. The Morgan fingerprint density at radius 1 is 0.706 bits per heavy atom. The first kappa shape index (κ1) is 19.3. The summed E-state index contributed by atoms with van der Waals surface area (Å²) < 4.78 is 0. The largest absolute Gasteiger partial charge is 0.0683 e. The van der Waals surface area contributed by atoms with Crippen LogP contribution in [0.15, 0.2) is 0 Å². The molecule has 0 bridgehead atoms. The Balaban J connectivity index is 0. The van der Waals surface area contributed by atoms with Crippen LogP contribution in [0.4, 0.5) is 0 Å². The molecule has 0 N–H and O–H groups in total. The van der Waals surface area contributed by atoms with E-state index in [1.54, 1.807) is 0 Å². The quantitative estimate of drug-likeness (QED) is 0.480. The zero-order valence-electron chi connectivity index (χ0n) is 13.7. The summed E-state index contributed by atoms with van der Waals surface area (Å²) in [4.78, 5) is 0. The summed E-state index contributed by atoms with van der Waals surface area (Å²) in [6.07, 6.45) is 10.4. The van der Waals surface area contributed by atoms with Crippen molar-refractivity contribution >= 4 is 0 Å². The molecule has 0 aromatic carbocycles. The maximum atomic E-state index is 2.36. The predicted octanol–water partition coefficient (Wildman–Crippen LogP) is 6.69. The Bertz CT molecular complexity index is 116. The minimum atomic E-state index is 0.963. The Morgan fingerprint density at radius 3 is 1.24 bits per heavy atom. The van der Waals surface area contributed by atoms with Gasteiger partial charge in [-0.3, -0.25) is 0 Å². The number of hydrogen-bond donors (Lipinski definition) is 0. The Kier molecular flexibility index (Phi) is 16.0. The second-order valence-corrected chi connectivity index (χ2v) is 5.32. The van der Waals surface area contributed by atoms with E-state index in [1.807, 2.05) is 27.7 Å². The molecule has 17 heavy (non-hydrogen) atoms. The maximum Gasteiger partial charge on any atom is -0.0391 e. The number of rotatable bonds is 1. The van der Waals surface area contributed by atoms with Gasteiger partial charge in [-0.15, -0.1) is 0 Å². The van der Waals surface area contributed by atoms with Gasteiger partial charge in [0.05, 0.1) is 0 Å². The van der Waals surface area contributed by atoms with Crippen molar-refractivity contribution in [2.45, 2.75) is 93.4 Å². The average Bonchev–Trinajstić information content (AvgIpc) is 3.20. The van der Waals surface area contributed by atoms with Crippen LogP contribution in [0.1, 0.15) is 93.4 Å². The molecular formula is C17H38. The fourth-order valence-electron chi connectivity index (χ4n) is 2.07. The molecule has 0 aliphatic heterocycles. The van der Waals surface area contributed by atoms with E-state index in [0.29, 0.717) is 0 Å². The molecule has 0 saturated heterocycles. The lowest BCUT2D eigenvalue weighted by molar-refractivity contribution is 0.385. The minimum absolute atomic E-state index is 0.963. The van der Waals surface area contributed by atoms with Crippen LogP contribution in [0, 0.1) is 17.8 Å². The van der Waals surface area contributed by atoms with Gasteiger partial charge in [-0.05, 0) is 30.6 Å². The molecule has 0 spiro atoms. The normalized spacial score (nSPS) is 19.1. The summed E-state index contributed by atoms with van der Waals surface area (Å²) in [5, 5.41) is 0. The van der Waals surface area contributed by atoms with Gasteiger partial charge in [-0.25, -0.2) is 0 Å². The van der Waals surface area contributed by atoms with Gasteiger partial charge in [0, 0.05) is 0 Å². The first-order valence-corrected chi connectivity index (χ1v) is 8.20.